The topological polar surface area (TPSA) is 21.3 Å². The maximum atomic E-state index is 6.00. The lowest BCUT2D eigenvalue weighted by Crippen LogP contribution is -2.15. The number of ether oxygens (including phenoxy) is 1. The van der Waals surface area contributed by atoms with E-state index >= 15 is 0 Å². The fraction of sp³-hybridized carbons (Fsp3) is 0.294. The molecule has 1 saturated carbocycles. The van der Waals surface area contributed by atoms with Crippen LogP contribution in [0.25, 0.3) is 0 Å². The Bertz CT molecular complexity index is 561. The fourth-order valence-corrected chi connectivity index (χ4v) is 2.10. The summed E-state index contributed by atoms with van der Waals surface area (Å²) < 4.78 is 6.00. The van der Waals surface area contributed by atoms with Crippen LogP contribution in [0.5, 0.6) is 11.5 Å². The Hall–Kier alpha value is -1.80. The van der Waals surface area contributed by atoms with Crippen LogP contribution in [0.3, 0.4) is 0 Å². The molecule has 0 bridgehead atoms. The number of hydrogen-bond acceptors (Lipinski definition) is 2. The number of benzene rings is 2. The van der Waals surface area contributed by atoms with E-state index in [0.29, 0.717) is 6.04 Å². The summed E-state index contributed by atoms with van der Waals surface area (Å²) in [5.41, 5.74) is 2.43. The molecule has 1 fully saturated rings. The molecular weight excluding hydrogens is 234 g/mol. The first kappa shape index (κ1) is 12.2. The van der Waals surface area contributed by atoms with Gasteiger partial charge >= 0.3 is 0 Å². The van der Waals surface area contributed by atoms with Crippen LogP contribution in [-0.2, 0) is 6.54 Å². The van der Waals surface area contributed by atoms with Crippen molar-refractivity contribution in [2.24, 2.45) is 0 Å². The number of nitrogens with one attached hydrogen (secondary N) is 1. The van der Waals surface area contributed by atoms with Crippen LogP contribution in [0.1, 0.15) is 24.0 Å². The number of para-hydroxylation sites is 1. The minimum Gasteiger partial charge on any atom is -0.457 e. The molecule has 0 aliphatic heterocycles. The summed E-state index contributed by atoms with van der Waals surface area (Å²) in [5.74, 6) is 1.85. The normalized spacial score (nSPS) is 14.4. The van der Waals surface area contributed by atoms with Gasteiger partial charge in [-0.1, -0.05) is 30.3 Å². The van der Waals surface area contributed by atoms with Crippen LogP contribution >= 0.6 is 0 Å². The quantitative estimate of drug-likeness (QED) is 0.868. The third-order valence-electron chi connectivity index (χ3n) is 3.35. The summed E-state index contributed by atoms with van der Waals surface area (Å²) in [6, 6.07) is 17.1. The lowest BCUT2D eigenvalue weighted by Gasteiger charge is -2.12. The Balaban J connectivity index is 1.75. The maximum Gasteiger partial charge on any atom is 0.131 e. The standard InChI is InChI=1S/C17H19NO/c1-13-5-4-7-16(11-13)19-17-8-3-2-6-14(17)12-18-15-9-10-15/h2-8,11,15,18H,9-10,12H2,1H3. The Morgan fingerprint density at radius 2 is 1.95 bits per heavy atom. The maximum absolute atomic E-state index is 6.00. The SMILES string of the molecule is Cc1cccc(Oc2ccccc2CNC2CC2)c1. The Morgan fingerprint density at radius 3 is 2.74 bits per heavy atom. The first-order chi connectivity index (χ1) is 9.31. The average Bonchev–Trinajstić information content (AvgIpc) is 3.22. The molecule has 0 saturated heterocycles. The van der Waals surface area contributed by atoms with Crippen LogP contribution in [0.4, 0.5) is 0 Å². The molecule has 1 aliphatic carbocycles. The van der Waals surface area contributed by atoms with E-state index in [0.717, 1.165) is 18.0 Å². The van der Waals surface area contributed by atoms with Gasteiger partial charge in [0.25, 0.3) is 0 Å². The zero-order valence-electron chi connectivity index (χ0n) is 11.2. The second kappa shape index (κ2) is 5.45. The van der Waals surface area contributed by atoms with Gasteiger partial charge in [-0.15, -0.1) is 0 Å². The number of aryl methyl sites for hydroxylation is 1. The van der Waals surface area contributed by atoms with Crippen molar-refractivity contribution >= 4 is 0 Å². The molecule has 0 amide bonds. The van der Waals surface area contributed by atoms with Gasteiger partial charge in [0.15, 0.2) is 0 Å². The fourth-order valence-electron chi connectivity index (χ4n) is 2.10. The molecule has 0 atom stereocenters. The molecule has 0 unspecified atom stereocenters. The second-order valence-corrected chi connectivity index (χ2v) is 5.18. The van der Waals surface area contributed by atoms with E-state index in [-0.39, 0.29) is 0 Å². The van der Waals surface area contributed by atoms with E-state index in [1.807, 2.05) is 24.3 Å². The van der Waals surface area contributed by atoms with E-state index in [1.165, 1.54) is 24.0 Å². The number of hydrogen-bond donors (Lipinski definition) is 1. The monoisotopic (exact) mass is 253 g/mol. The zero-order chi connectivity index (χ0) is 13.1. The Labute approximate surface area is 114 Å². The van der Waals surface area contributed by atoms with E-state index in [2.05, 4.69) is 36.5 Å². The second-order valence-electron chi connectivity index (χ2n) is 5.18. The van der Waals surface area contributed by atoms with Crippen LogP contribution < -0.4 is 10.1 Å². The van der Waals surface area contributed by atoms with Gasteiger partial charge in [0.2, 0.25) is 0 Å². The van der Waals surface area contributed by atoms with Gasteiger partial charge in [-0.05, 0) is 43.5 Å². The minimum absolute atomic E-state index is 0.715. The Kier molecular flexibility index (Phi) is 3.51. The molecule has 2 heteroatoms. The van der Waals surface area contributed by atoms with Crippen LogP contribution in [0.2, 0.25) is 0 Å². The highest BCUT2D eigenvalue weighted by atomic mass is 16.5. The van der Waals surface area contributed by atoms with E-state index in [9.17, 15) is 0 Å². The van der Waals surface area contributed by atoms with E-state index < -0.39 is 0 Å². The van der Waals surface area contributed by atoms with Crippen LogP contribution in [-0.4, -0.2) is 6.04 Å². The van der Waals surface area contributed by atoms with Crippen molar-refractivity contribution in [3.8, 4) is 11.5 Å². The summed E-state index contributed by atoms with van der Waals surface area (Å²) in [4.78, 5) is 0. The molecule has 1 N–H and O–H groups in total. The smallest absolute Gasteiger partial charge is 0.131 e. The molecule has 98 valence electrons. The van der Waals surface area contributed by atoms with Crippen LogP contribution in [0, 0.1) is 6.92 Å². The number of rotatable bonds is 5. The highest BCUT2D eigenvalue weighted by Crippen LogP contribution is 2.27. The molecule has 0 heterocycles. The first-order valence-corrected chi connectivity index (χ1v) is 6.87. The molecule has 2 nitrogen and oxygen atoms in total. The molecule has 1 aliphatic rings. The third-order valence-corrected chi connectivity index (χ3v) is 3.35. The summed E-state index contributed by atoms with van der Waals surface area (Å²) in [7, 11) is 0. The van der Waals surface area contributed by atoms with Crippen molar-refractivity contribution in [1.29, 1.82) is 0 Å². The lowest BCUT2D eigenvalue weighted by molar-refractivity contribution is 0.472. The van der Waals surface area contributed by atoms with Crippen LogP contribution in [0.15, 0.2) is 48.5 Å². The van der Waals surface area contributed by atoms with E-state index in [4.69, 9.17) is 4.74 Å². The van der Waals surface area contributed by atoms with E-state index in [1.54, 1.807) is 0 Å². The zero-order valence-corrected chi connectivity index (χ0v) is 11.2. The van der Waals surface area contributed by atoms with Gasteiger partial charge in [-0.2, -0.15) is 0 Å². The van der Waals surface area contributed by atoms with Gasteiger partial charge in [0, 0.05) is 18.2 Å². The van der Waals surface area contributed by atoms with Crippen molar-refractivity contribution in [2.75, 3.05) is 0 Å². The third kappa shape index (κ3) is 3.36. The molecule has 2 aromatic rings. The van der Waals surface area contributed by atoms with Gasteiger partial charge in [0.1, 0.15) is 11.5 Å². The molecule has 19 heavy (non-hydrogen) atoms. The summed E-state index contributed by atoms with van der Waals surface area (Å²) >= 11 is 0. The molecule has 3 rings (SSSR count). The molecule has 0 spiro atoms. The lowest BCUT2D eigenvalue weighted by atomic mass is 10.2. The van der Waals surface area contributed by atoms with Crippen molar-refractivity contribution in [1.82, 2.24) is 5.32 Å². The molecule has 2 aromatic carbocycles. The highest BCUT2D eigenvalue weighted by Gasteiger charge is 2.20. The molecule has 0 aromatic heterocycles. The van der Waals surface area contributed by atoms with Gasteiger partial charge < -0.3 is 10.1 Å². The predicted octanol–water partition coefficient (Wildman–Crippen LogP) is 4.04. The first-order valence-electron chi connectivity index (χ1n) is 6.87. The summed E-state index contributed by atoms with van der Waals surface area (Å²) in [6.07, 6.45) is 2.61. The van der Waals surface area contributed by atoms with Gasteiger partial charge in [0.05, 0.1) is 0 Å². The minimum atomic E-state index is 0.715. The van der Waals surface area contributed by atoms with Crippen molar-refractivity contribution in [3.63, 3.8) is 0 Å². The van der Waals surface area contributed by atoms with Gasteiger partial charge in [-0.3, -0.25) is 0 Å². The largest absolute Gasteiger partial charge is 0.457 e. The van der Waals surface area contributed by atoms with Crippen molar-refractivity contribution in [3.05, 3.63) is 59.7 Å². The predicted molar refractivity (Wildman–Crippen MR) is 77.6 cm³/mol. The summed E-state index contributed by atoms with van der Waals surface area (Å²) in [5, 5.41) is 3.53. The van der Waals surface area contributed by atoms with Crippen molar-refractivity contribution < 1.29 is 4.74 Å². The molecule has 0 radical (unpaired) electrons. The van der Waals surface area contributed by atoms with Crippen molar-refractivity contribution in [2.45, 2.75) is 32.4 Å². The Morgan fingerprint density at radius 1 is 1.11 bits per heavy atom. The average molecular weight is 253 g/mol. The summed E-state index contributed by atoms with van der Waals surface area (Å²) in [6.45, 7) is 2.96. The highest BCUT2D eigenvalue weighted by molar-refractivity contribution is 5.38. The molecular formula is C17H19NO. The van der Waals surface area contributed by atoms with Gasteiger partial charge in [-0.25, -0.2) is 0 Å².